The van der Waals surface area contributed by atoms with Crippen molar-refractivity contribution in [2.75, 3.05) is 19.7 Å². The number of aliphatic hydroxyl groups is 1. The molecule has 5 nitrogen and oxygen atoms in total. The molecule has 1 N–H and O–H groups in total. The van der Waals surface area contributed by atoms with Crippen LogP contribution in [-0.4, -0.2) is 44.5 Å². The fourth-order valence-corrected chi connectivity index (χ4v) is 1.15. The zero-order chi connectivity index (χ0) is 9.68. The molecule has 0 unspecified atom stereocenters. The lowest BCUT2D eigenvalue weighted by Crippen LogP contribution is -2.27. The minimum absolute atomic E-state index is 0.186. The largest absolute Gasteiger partial charge is 0.395 e. The van der Waals surface area contributed by atoms with Gasteiger partial charge in [0.05, 0.1) is 13.2 Å². The monoisotopic (exact) mass is 184 g/mol. The van der Waals surface area contributed by atoms with E-state index in [1.807, 2.05) is 7.05 Å². The van der Waals surface area contributed by atoms with Gasteiger partial charge in [0.25, 0.3) is 0 Å². The van der Waals surface area contributed by atoms with Crippen molar-refractivity contribution in [3.63, 3.8) is 0 Å². The summed E-state index contributed by atoms with van der Waals surface area (Å²) in [5.41, 5.74) is 0. The number of aryl methyl sites for hydroxylation is 1. The van der Waals surface area contributed by atoms with Gasteiger partial charge in [-0.1, -0.05) is 6.92 Å². The molecule has 0 aliphatic carbocycles. The molecular weight excluding hydrogens is 168 g/mol. The van der Waals surface area contributed by atoms with Crippen molar-refractivity contribution < 1.29 is 5.11 Å². The third-order valence-corrected chi connectivity index (χ3v) is 2.03. The summed E-state index contributed by atoms with van der Waals surface area (Å²) in [6.45, 7) is 4.59. The van der Waals surface area contributed by atoms with Crippen molar-refractivity contribution in [1.29, 1.82) is 0 Å². The molecular formula is C8H16N4O. The lowest BCUT2D eigenvalue weighted by molar-refractivity contribution is 0.192. The van der Waals surface area contributed by atoms with E-state index in [4.69, 9.17) is 5.11 Å². The SMILES string of the molecule is CCN(CCO)Cc1ncnn1C. The van der Waals surface area contributed by atoms with Crippen LogP contribution in [0.25, 0.3) is 0 Å². The van der Waals surface area contributed by atoms with Crippen molar-refractivity contribution >= 4 is 0 Å². The maximum atomic E-state index is 8.78. The highest BCUT2D eigenvalue weighted by Crippen LogP contribution is 1.98. The first-order valence-electron chi connectivity index (χ1n) is 4.44. The molecule has 0 amide bonds. The van der Waals surface area contributed by atoms with Crippen LogP contribution in [0.3, 0.4) is 0 Å². The predicted octanol–water partition coefficient (Wildman–Crippen LogP) is -0.371. The Bertz CT molecular complexity index is 248. The van der Waals surface area contributed by atoms with Crippen LogP contribution in [0, 0.1) is 0 Å². The summed E-state index contributed by atoms with van der Waals surface area (Å²) in [5, 5.41) is 12.8. The van der Waals surface area contributed by atoms with Crippen LogP contribution in [-0.2, 0) is 13.6 Å². The molecule has 0 aliphatic heterocycles. The van der Waals surface area contributed by atoms with Gasteiger partial charge in [-0.05, 0) is 6.54 Å². The molecule has 0 aliphatic rings. The van der Waals surface area contributed by atoms with E-state index in [0.717, 1.165) is 18.9 Å². The van der Waals surface area contributed by atoms with Crippen LogP contribution in [0.5, 0.6) is 0 Å². The minimum Gasteiger partial charge on any atom is -0.395 e. The Hall–Kier alpha value is -0.940. The van der Waals surface area contributed by atoms with E-state index in [0.29, 0.717) is 6.54 Å². The molecule has 0 spiro atoms. The third-order valence-electron chi connectivity index (χ3n) is 2.03. The molecule has 0 radical (unpaired) electrons. The van der Waals surface area contributed by atoms with E-state index >= 15 is 0 Å². The van der Waals surface area contributed by atoms with Crippen LogP contribution < -0.4 is 0 Å². The molecule has 0 atom stereocenters. The number of nitrogens with zero attached hydrogens (tertiary/aromatic N) is 4. The van der Waals surface area contributed by atoms with Gasteiger partial charge in [-0.25, -0.2) is 4.98 Å². The molecule has 0 saturated carbocycles. The van der Waals surface area contributed by atoms with Crippen LogP contribution in [0.15, 0.2) is 6.33 Å². The maximum absolute atomic E-state index is 8.78. The zero-order valence-corrected chi connectivity index (χ0v) is 8.14. The first-order chi connectivity index (χ1) is 6.27. The molecule has 0 bridgehead atoms. The Labute approximate surface area is 78.0 Å². The summed E-state index contributed by atoms with van der Waals surface area (Å²) < 4.78 is 1.75. The highest BCUT2D eigenvalue weighted by molar-refractivity contribution is 4.82. The first-order valence-corrected chi connectivity index (χ1v) is 4.44. The van der Waals surface area contributed by atoms with E-state index in [9.17, 15) is 0 Å². The van der Waals surface area contributed by atoms with Crippen LogP contribution >= 0.6 is 0 Å². The normalized spacial score (nSPS) is 11.1. The van der Waals surface area contributed by atoms with Crippen molar-refractivity contribution in [2.45, 2.75) is 13.5 Å². The van der Waals surface area contributed by atoms with Gasteiger partial charge in [-0.2, -0.15) is 5.10 Å². The average molecular weight is 184 g/mol. The molecule has 0 fully saturated rings. The van der Waals surface area contributed by atoms with E-state index in [1.54, 1.807) is 11.0 Å². The van der Waals surface area contributed by atoms with E-state index in [1.165, 1.54) is 0 Å². The molecule has 1 aromatic heterocycles. The van der Waals surface area contributed by atoms with Crippen LogP contribution in [0.4, 0.5) is 0 Å². The van der Waals surface area contributed by atoms with E-state index in [2.05, 4.69) is 21.9 Å². The second kappa shape index (κ2) is 4.94. The average Bonchev–Trinajstić information content (AvgIpc) is 2.51. The number of likely N-dealkylation sites (N-methyl/N-ethyl adjacent to an activating group) is 1. The highest BCUT2D eigenvalue weighted by atomic mass is 16.3. The molecule has 13 heavy (non-hydrogen) atoms. The summed E-state index contributed by atoms with van der Waals surface area (Å²) >= 11 is 0. The molecule has 0 aromatic carbocycles. The van der Waals surface area contributed by atoms with Crippen LogP contribution in [0.2, 0.25) is 0 Å². The van der Waals surface area contributed by atoms with E-state index in [-0.39, 0.29) is 6.61 Å². The number of hydrogen-bond acceptors (Lipinski definition) is 4. The predicted molar refractivity (Wildman–Crippen MR) is 49.0 cm³/mol. The summed E-state index contributed by atoms with van der Waals surface area (Å²) in [7, 11) is 1.87. The fraction of sp³-hybridized carbons (Fsp3) is 0.750. The minimum atomic E-state index is 0.186. The Kier molecular flexibility index (Phi) is 3.85. The fourth-order valence-electron chi connectivity index (χ4n) is 1.15. The van der Waals surface area contributed by atoms with Gasteiger partial charge in [0.2, 0.25) is 0 Å². The van der Waals surface area contributed by atoms with Crippen molar-refractivity contribution in [3.05, 3.63) is 12.2 Å². The van der Waals surface area contributed by atoms with Gasteiger partial charge in [-0.3, -0.25) is 9.58 Å². The summed E-state index contributed by atoms with van der Waals surface area (Å²) in [5.74, 6) is 0.926. The topological polar surface area (TPSA) is 54.2 Å². The number of aliphatic hydroxyl groups excluding tert-OH is 1. The number of aromatic nitrogens is 3. The summed E-state index contributed by atoms with van der Waals surface area (Å²) in [6.07, 6.45) is 1.54. The Morgan fingerprint density at radius 1 is 1.62 bits per heavy atom. The van der Waals surface area contributed by atoms with Gasteiger partial charge in [0.15, 0.2) is 0 Å². The molecule has 1 heterocycles. The molecule has 1 aromatic rings. The lowest BCUT2D eigenvalue weighted by Gasteiger charge is -2.17. The van der Waals surface area contributed by atoms with Gasteiger partial charge < -0.3 is 5.11 Å². The van der Waals surface area contributed by atoms with Crippen molar-refractivity contribution in [3.8, 4) is 0 Å². The molecule has 0 saturated heterocycles. The Balaban J connectivity index is 2.51. The highest BCUT2D eigenvalue weighted by Gasteiger charge is 2.06. The second-order valence-electron chi connectivity index (χ2n) is 2.89. The molecule has 74 valence electrons. The summed E-state index contributed by atoms with van der Waals surface area (Å²) in [6, 6.07) is 0. The second-order valence-corrected chi connectivity index (χ2v) is 2.89. The molecule has 1 rings (SSSR count). The third kappa shape index (κ3) is 2.78. The van der Waals surface area contributed by atoms with Gasteiger partial charge in [-0.15, -0.1) is 0 Å². The van der Waals surface area contributed by atoms with Gasteiger partial charge >= 0.3 is 0 Å². The lowest BCUT2D eigenvalue weighted by atomic mass is 10.4. The smallest absolute Gasteiger partial charge is 0.140 e. The molecule has 5 heteroatoms. The Morgan fingerprint density at radius 2 is 2.38 bits per heavy atom. The van der Waals surface area contributed by atoms with Crippen molar-refractivity contribution in [1.82, 2.24) is 19.7 Å². The quantitative estimate of drug-likeness (QED) is 0.678. The Morgan fingerprint density at radius 3 is 2.85 bits per heavy atom. The van der Waals surface area contributed by atoms with Gasteiger partial charge in [0.1, 0.15) is 12.2 Å². The zero-order valence-electron chi connectivity index (χ0n) is 8.14. The first kappa shape index (κ1) is 10.1. The maximum Gasteiger partial charge on any atom is 0.140 e. The van der Waals surface area contributed by atoms with Gasteiger partial charge in [0, 0.05) is 13.6 Å². The standard InChI is InChI=1S/C8H16N4O/c1-3-12(4-5-13)6-8-9-7-10-11(8)2/h7,13H,3-6H2,1-2H3. The van der Waals surface area contributed by atoms with Crippen molar-refractivity contribution in [2.24, 2.45) is 7.05 Å². The van der Waals surface area contributed by atoms with E-state index < -0.39 is 0 Å². The number of hydrogen-bond donors (Lipinski definition) is 1. The number of rotatable bonds is 5. The van der Waals surface area contributed by atoms with Crippen LogP contribution in [0.1, 0.15) is 12.7 Å². The summed E-state index contributed by atoms with van der Waals surface area (Å²) in [4.78, 5) is 6.23.